The smallest absolute Gasteiger partial charge is 0.496 e. The van der Waals surface area contributed by atoms with E-state index in [0.717, 1.165) is 12.1 Å². The molecule has 0 fully saturated rings. The fraction of sp³-hybridized carbons (Fsp3) is 0.500. The van der Waals surface area contributed by atoms with E-state index in [1.165, 1.54) is 13.2 Å². The summed E-state index contributed by atoms with van der Waals surface area (Å²) < 4.78 is 45.0. The summed E-state index contributed by atoms with van der Waals surface area (Å²) >= 11 is 0. The van der Waals surface area contributed by atoms with Crippen molar-refractivity contribution in [1.29, 1.82) is 0 Å². The molecule has 1 rings (SSSR count). The van der Waals surface area contributed by atoms with Crippen molar-refractivity contribution in [2.24, 2.45) is 5.73 Å². The van der Waals surface area contributed by atoms with Gasteiger partial charge in [0, 0.05) is 11.6 Å². The monoisotopic (exact) mass is 315 g/mol. The standard InChI is InChI=1S/C12H16F3NO3.ClH/c1-3-9(17)11(16)8-5-4-7(6-10(8)18-2)19-12(13,14)15;/h4-6,9,11,17H,3,16H2,1-2H3;1H/t9-,11+;/m1./s1. The lowest BCUT2D eigenvalue weighted by atomic mass is 9.99. The minimum absolute atomic E-state index is 0. The molecule has 0 bridgehead atoms. The minimum atomic E-state index is -4.77. The average molecular weight is 316 g/mol. The first-order chi connectivity index (χ1) is 8.78. The summed E-state index contributed by atoms with van der Waals surface area (Å²) in [6.07, 6.45) is -5.15. The number of methoxy groups -OCH3 is 1. The number of aliphatic hydroxyl groups is 1. The van der Waals surface area contributed by atoms with Crippen LogP contribution in [0.3, 0.4) is 0 Å². The maximum absolute atomic E-state index is 12.1. The van der Waals surface area contributed by atoms with E-state index in [0.29, 0.717) is 12.0 Å². The second-order valence-electron chi connectivity index (χ2n) is 3.95. The molecule has 8 heteroatoms. The van der Waals surface area contributed by atoms with Gasteiger partial charge in [-0.15, -0.1) is 25.6 Å². The van der Waals surface area contributed by atoms with Gasteiger partial charge in [-0.3, -0.25) is 0 Å². The molecule has 0 aliphatic carbocycles. The van der Waals surface area contributed by atoms with Gasteiger partial charge in [-0.25, -0.2) is 0 Å². The van der Waals surface area contributed by atoms with Crippen LogP contribution in [0.15, 0.2) is 18.2 Å². The van der Waals surface area contributed by atoms with Gasteiger partial charge in [0.2, 0.25) is 0 Å². The van der Waals surface area contributed by atoms with Crippen LogP contribution >= 0.6 is 12.4 Å². The van der Waals surface area contributed by atoms with Crippen molar-refractivity contribution < 1.29 is 27.8 Å². The molecule has 0 saturated heterocycles. The summed E-state index contributed by atoms with van der Waals surface area (Å²) in [4.78, 5) is 0. The number of benzene rings is 1. The molecule has 116 valence electrons. The zero-order valence-electron chi connectivity index (χ0n) is 11.0. The fourth-order valence-electron chi connectivity index (χ4n) is 1.63. The quantitative estimate of drug-likeness (QED) is 0.877. The highest BCUT2D eigenvalue weighted by Gasteiger charge is 2.31. The van der Waals surface area contributed by atoms with E-state index in [-0.39, 0.29) is 18.2 Å². The Balaban J connectivity index is 0.00000361. The first-order valence-electron chi connectivity index (χ1n) is 5.65. The number of aliphatic hydroxyl groups excluding tert-OH is 1. The lowest BCUT2D eigenvalue weighted by molar-refractivity contribution is -0.274. The highest BCUT2D eigenvalue weighted by atomic mass is 35.5. The number of nitrogens with two attached hydrogens (primary N) is 1. The van der Waals surface area contributed by atoms with Crippen LogP contribution in [0.1, 0.15) is 24.9 Å². The van der Waals surface area contributed by atoms with E-state index in [1.54, 1.807) is 6.92 Å². The number of hydrogen-bond donors (Lipinski definition) is 2. The van der Waals surface area contributed by atoms with E-state index in [1.807, 2.05) is 0 Å². The van der Waals surface area contributed by atoms with Crippen LogP contribution in [0, 0.1) is 0 Å². The van der Waals surface area contributed by atoms with Crippen LogP contribution in [0.5, 0.6) is 11.5 Å². The van der Waals surface area contributed by atoms with Gasteiger partial charge in [-0.05, 0) is 18.6 Å². The van der Waals surface area contributed by atoms with Crippen molar-refractivity contribution in [3.8, 4) is 11.5 Å². The molecular weight excluding hydrogens is 299 g/mol. The molecule has 0 heterocycles. The van der Waals surface area contributed by atoms with Gasteiger partial charge in [0.15, 0.2) is 0 Å². The van der Waals surface area contributed by atoms with Gasteiger partial charge < -0.3 is 20.3 Å². The predicted octanol–water partition coefficient (Wildman–Crippen LogP) is 2.79. The number of hydrogen-bond acceptors (Lipinski definition) is 4. The van der Waals surface area contributed by atoms with E-state index in [9.17, 15) is 18.3 Å². The van der Waals surface area contributed by atoms with Crippen molar-refractivity contribution in [2.45, 2.75) is 31.9 Å². The van der Waals surface area contributed by atoms with Crippen molar-refractivity contribution in [3.63, 3.8) is 0 Å². The molecule has 3 N–H and O–H groups in total. The van der Waals surface area contributed by atoms with Crippen molar-refractivity contribution in [2.75, 3.05) is 7.11 Å². The SMILES string of the molecule is CC[C@@H](O)[C@@H](N)c1ccc(OC(F)(F)F)cc1OC.Cl. The Morgan fingerprint density at radius 3 is 2.40 bits per heavy atom. The molecule has 0 aliphatic rings. The van der Waals surface area contributed by atoms with Crippen LogP contribution in [-0.4, -0.2) is 24.7 Å². The maximum Gasteiger partial charge on any atom is 0.573 e. The number of ether oxygens (including phenoxy) is 2. The third-order valence-corrected chi connectivity index (χ3v) is 2.63. The van der Waals surface area contributed by atoms with Crippen LogP contribution < -0.4 is 15.2 Å². The number of alkyl halides is 3. The fourth-order valence-corrected chi connectivity index (χ4v) is 1.63. The molecule has 0 saturated carbocycles. The summed E-state index contributed by atoms with van der Waals surface area (Å²) in [5.74, 6) is -0.256. The molecule has 0 amide bonds. The molecule has 0 aromatic heterocycles. The third kappa shape index (κ3) is 5.07. The molecule has 4 nitrogen and oxygen atoms in total. The lowest BCUT2D eigenvalue weighted by Crippen LogP contribution is -2.26. The van der Waals surface area contributed by atoms with E-state index in [4.69, 9.17) is 10.5 Å². The Labute approximate surface area is 121 Å². The average Bonchev–Trinajstić information content (AvgIpc) is 2.34. The van der Waals surface area contributed by atoms with Crippen molar-refractivity contribution in [1.82, 2.24) is 0 Å². The van der Waals surface area contributed by atoms with E-state index in [2.05, 4.69) is 4.74 Å². The highest BCUT2D eigenvalue weighted by Crippen LogP contribution is 2.32. The topological polar surface area (TPSA) is 64.7 Å². The minimum Gasteiger partial charge on any atom is -0.496 e. The zero-order chi connectivity index (χ0) is 14.6. The number of halogens is 4. The summed E-state index contributed by atoms with van der Waals surface area (Å²) in [5.41, 5.74) is 6.23. The largest absolute Gasteiger partial charge is 0.573 e. The molecule has 0 radical (unpaired) electrons. The van der Waals surface area contributed by atoms with Gasteiger partial charge >= 0.3 is 6.36 Å². The van der Waals surface area contributed by atoms with Gasteiger partial charge in [-0.1, -0.05) is 6.92 Å². The summed E-state index contributed by atoms with van der Waals surface area (Å²) in [5, 5.41) is 9.66. The third-order valence-electron chi connectivity index (χ3n) is 2.63. The van der Waals surface area contributed by atoms with E-state index >= 15 is 0 Å². The normalized spacial score (nSPS) is 14.2. The Morgan fingerprint density at radius 2 is 1.95 bits per heavy atom. The molecule has 20 heavy (non-hydrogen) atoms. The Hall–Kier alpha value is -1.18. The van der Waals surface area contributed by atoms with Gasteiger partial charge in [0.1, 0.15) is 11.5 Å². The Bertz CT molecular complexity index is 429. The predicted molar refractivity (Wildman–Crippen MR) is 70.2 cm³/mol. The Kier molecular flexibility index (Phi) is 7.12. The van der Waals surface area contributed by atoms with E-state index < -0.39 is 24.3 Å². The molecule has 2 atom stereocenters. The first-order valence-corrected chi connectivity index (χ1v) is 5.65. The zero-order valence-corrected chi connectivity index (χ0v) is 11.8. The first kappa shape index (κ1) is 18.8. The Morgan fingerprint density at radius 1 is 1.35 bits per heavy atom. The molecule has 0 unspecified atom stereocenters. The van der Waals surface area contributed by atoms with Crippen molar-refractivity contribution >= 4 is 12.4 Å². The molecule has 0 spiro atoms. The van der Waals surface area contributed by atoms with Crippen LogP contribution in [0.25, 0.3) is 0 Å². The van der Waals surface area contributed by atoms with Crippen LogP contribution in [0.4, 0.5) is 13.2 Å². The maximum atomic E-state index is 12.1. The second kappa shape index (κ2) is 7.56. The molecular formula is C12H17ClF3NO3. The molecule has 1 aromatic carbocycles. The van der Waals surface area contributed by atoms with Crippen molar-refractivity contribution in [3.05, 3.63) is 23.8 Å². The summed E-state index contributed by atoms with van der Waals surface area (Å²) in [6, 6.07) is 2.84. The molecule has 1 aromatic rings. The lowest BCUT2D eigenvalue weighted by Gasteiger charge is -2.20. The molecule has 0 aliphatic heterocycles. The van der Waals surface area contributed by atoms with Gasteiger partial charge in [0.05, 0.1) is 19.3 Å². The second-order valence-corrected chi connectivity index (χ2v) is 3.95. The highest BCUT2D eigenvalue weighted by molar-refractivity contribution is 5.85. The van der Waals surface area contributed by atoms with Gasteiger partial charge in [0.25, 0.3) is 0 Å². The summed E-state index contributed by atoms with van der Waals surface area (Å²) in [6.45, 7) is 1.75. The van der Waals surface area contributed by atoms with Crippen LogP contribution in [0.2, 0.25) is 0 Å². The number of rotatable bonds is 5. The van der Waals surface area contributed by atoms with Gasteiger partial charge in [-0.2, -0.15) is 0 Å². The van der Waals surface area contributed by atoms with Crippen LogP contribution in [-0.2, 0) is 0 Å². The summed E-state index contributed by atoms with van der Waals surface area (Å²) in [7, 11) is 1.31.